The van der Waals surface area contributed by atoms with E-state index in [1.54, 1.807) is 25.1 Å². The SMILES string of the molecule is CN(C)C(=O)c1cccc(CCNC(=O)CCCN)c1. The van der Waals surface area contributed by atoms with Crippen LogP contribution in [0.15, 0.2) is 24.3 Å². The molecule has 0 atom stereocenters. The minimum atomic E-state index is -0.0150. The van der Waals surface area contributed by atoms with E-state index in [1.807, 2.05) is 18.2 Å². The zero-order chi connectivity index (χ0) is 15.0. The Hall–Kier alpha value is -1.88. The van der Waals surface area contributed by atoms with Crippen LogP contribution in [0.4, 0.5) is 0 Å². The average Bonchev–Trinajstić information content (AvgIpc) is 2.44. The lowest BCUT2D eigenvalue weighted by Gasteiger charge is -2.11. The van der Waals surface area contributed by atoms with E-state index in [4.69, 9.17) is 5.73 Å². The summed E-state index contributed by atoms with van der Waals surface area (Å²) in [5, 5.41) is 2.85. The highest BCUT2D eigenvalue weighted by Crippen LogP contribution is 2.07. The molecule has 0 heterocycles. The molecule has 0 radical (unpaired) electrons. The van der Waals surface area contributed by atoms with Crippen molar-refractivity contribution in [1.82, 2.24) is 10.2 Å². The Kier molecular flexibility index (Phi) is 6.73. The summed E-state index contributed by atoms with van der Waals surface area (Å²) in [7, 11) is 3.46. The molecule has 0 bridgehead atoms. The minimum Gasteiger partial charge on any atom is -0.356 e. The summed E-state index contributed by atoms with van der Waals surface area (Å²) in [4.78, 5) is 24.8. The molecule has 0 saturated heterocycles. The summed E-state index contributed by atoms with van der Waals surface area (Å²) >= 11 is 0. The van der Waals surface area contributed by atoms with Gasteiger partial charge in [0.05, 0.1) is 0 Å². The maximum Gasteiger partial charge on any atom is 0.253 e. The number of amides is 2. The van der Waals surface area contributed by atoms with Crippen LogP contribution in [0, 0.1) is 0 Å². The third-order valence-electron chi connectivity index (χ3n) is 2.92. The smallest absolute Gasteiger partial charge is 0.253 e. The highest BCUT2D eigenvalue weighted by molar-refractivity contribution is 5.94. The van der Waals surface area contributed by atoms with Gasteiger partial charge in [0.25, 0.3) is 5.91 Å². The lowest BCUT2D eigenvalue weighted by atomic mass is 10.1. The van der Waals surface area contributed by atoms with Crippen LogP contribution in [0.5, 0.6) is 0 Å². The summed E-state index contributed by atoms with van der Waals surface area (Å²) in [5.41, 5.74) is 7.06. The lowest BCUT2D eigenvalue weighted by molar-refractivity contribution is -0.121. The first-order chi connectivity index (χ1) is 9.54. The molecule has 0 unspecified atom stereocenters. The molecule has 0 saturated carbocycles. The Morgan fingerprint density at radius 2 is 2.05 bits per heavy atom. The first-order valence-corrected chi connectivity index (χ1v) is 6.82. The number of rotatable bonds is 7. The molecule has 0 aliphatic heterocycles. The summed E-state index contributed by atoms with van der Waals surface area (Å²) in [5.74, 6) is 0.00908. The van der Waals surface area contributed by atoms with Gasteiger partial charge >= 0.3 is 0 Å². The van der Waals surface area contributed by atoms with Crippen LogP contribution in [-0.2, 0) is 11.2 Å². The van der Waals surface area contributed by atoms with E-state index in [1.165, 1.54) is 0 Å². The standard InChI is InChI=1S/C15H23N3O2/c1-18(2)15(20)13-6-3-5-12(11-13)8-10-17-14(19)7-4-9-16/h3,5-6,11H,4,7-10,16H2,1-2H3,(H,17,19). The molecule has 2 amide bonds. The summed E-state index contributed by atoms with van der Waals surface area (Å²) in [6.45, 7) is 1.10. The molecule has 20 heavy (non-hydrogen) atoms. The predicted molar refractivity (Wildman–Crippen MR) is 79.5 cm³/mol. The number of hydrogen-bond donors (Lipinski definition) is 2. The first-order valence-electron chi connectivity index (χ1n) is 6.82. The molecule has 1 aromatic carbocycles. The molecule has 0 spiro atoms. The molecule has 0 fully saturated rings. The third-order valence-corrected chi connectivity index (χ3v) is 2.92. The predicted octanol–water partition coefficient (Wildman–Crippen LogP) is 0.786. The Balaban J connectivity index is 2.47. The van der Waals surface area contributed by atoms with Crippen molar-refractivity contribution >= 4 is 11.8 Å². The Labute approximate surface area is 120 Å². The van der Waals surface area contributed by atoms with Crippen molar-refractivity contribution in [1.29, 1.82) is 0 Å². The van der Waals surface area contributed by atoms with Crippen molar-refractivity contribution in [2.75, 3.05) is 27.2 Å². The summed E-state index contributed by atoms with van der Waals surface area (Å²) < 4.78 is 0. The monoisotopic (exact) mass is 277 g/mol. The Morgan fingerprint density at radius 1 is 1.30 bits per heavy atom. The molecule has 0 aliphatic rings. The van der Waals surface area contributed by atoms with Crippen LogP contribution in [-0.4, -0.2) is 43.9 Å². The molecule has 3 N–H and O–H groups in total. The topological polar surface area (TPSA) is 75.4 Å². The molecule has 1 rings (SSSR count). The van der Waals surface area contributed by atoms with Crippen molar-refractivity contribution in [3.05, 3.63) is 35.4 Å². The molecule has 5 heteroatoms. The van der Waals surface area contributed by atoms with Gasteiger partial charge in [0.1, 0.15) is 0 Å². The minimum absolute atomic E-state index is 0.0150. The van der Waals surface area contributed by atoms with Crippen LogP contribution in [0.25, 0.3) is 0 Å². The summed E-state index contributed by atoms with van der Waals surface area (Å²) in [6, 6.07) is 7.49. The second-order valence-corrected chi connectivity index (χ2v) is 4.89. The van der Waals surface area contributed by atoms with Crippen LogP contribution in [0.3, 0.4) is 0 Å². The maximum absolute atomic E-state index is 11.8. The van der Waals surface area contributed by atoms with E-state index in [9.17, 15) is 9.59 Å². The van der Waals surface area contributed by atoms with E-state index in [2.05, 4.69) is 5.32 Å². The quantitative estimate of drug-likeness (QED) is 0.773. The molecule has 1 aromatic rings. The van der Waals surface area contributed by atoms with Gasteiger partial charge in [0.15, 0.2) is 0 Å². The second-order valence-electron chi connectivity index (χ2n) is 4.89. The molecule has 0 aromatic heterocycles. The number of carbonyl (C=O) groups is 2. The number of nitrogens with zero attached hydrogens (tertiary/aromatic N) is 1. The van der Waals surface area contributed by atoms with Gasteiger partial charge in [-0.2, -0.15) is 0 Å². The molecule has 110 valence electrons. The fourth-order valence-electron chi connectivity index (χ4n) is 1.82. The Bertz CT molecular complexity index is 458. The zero-order valence-electron chi connectivity index (χ0n) is 12.2. The van der Waals surface area contributed by atoms with Crippen LogP contribution >= 0.6 is 0 Å². The number of carbonyl (C=O) groups excluding carboxylic acids is 2. The summed E-state index contributed by atoms with van der Waals surface area (Å²) in [6.07, 6.45) is 1.89. The highest BCUT2D eigenvalue weighted by atomic mass is 16.2. The first kappa shape index (κ1) is 16.2. The van der Waals surface area contributed by atoms with Crippen molar-refractivity contribution < 1.29 is 9.59 Å². The van der Waals surface area contributed by atoms with Gasteiger partial charge in [-0.1, -0.05) is 12.1 Å². The number of nitrogens with two attached hydrogens (primary N) is 1. The normalized spacial score (nSPS) is 10.2. The van der Waals surface area contributed by atoms with Crippen LogP contribution in [0.1, 0.15) is 28.8 Å². The van der Waals surface area contributed by atoms with Gasteiger partial charge in [-0.15, -0.1) is 0 Å². The van der Waals surface area contributed by atoms with Gasteiger partial charge in [-0.05, 0) is 37.1 Å². The van der Waals surface area contributed by atoms with Crippen molar-refractivity contribution in [2.24, 2.45) is 5.73 Å². The number of benzene rings is 1. The fraction of sp³-hybridized carbons (Fsp3) is 0.467. The van der Waals surface area contributed by atoms with Crippen molar-refractivity contribution in [3.63, 3.8) is 0 Å². The number of hydrogen-bond acceptors (Lipinski definition) is 3. The van der Waals surface area contributed by atoms with E-state index in [-0.39, 0.29) is 11.8 Å². The third kappa shape index (κ3) is 5.40. The van der Waals surface area contributed by atoms with E-state index in [0.29, 0.717) is 37.9 Å². The second kappa shape index (κ2) is 8.32. The van der Waals surface area contributed by atoms with Gasteiger partial charge < -0.3 is 16.0 Å². The average molecular weight is 277 g/mol. The molecule has 0 aliphatic carbocycles. The van der Waals surface area contributed by atoms with E-state index in [0.717, 1.165) is 5.56 Å². The van der Waals surface area contributed by atoms with E-state index >= 15 is 0 Å². The van der Waals surface area contributed by atoms with Crippen LogP contribution < -0.4 is 11.1 Å². The Morgan fingerprint density at radius 3 is 2.70 bits per heavy atom. The fourth-order valence-corrected chi connectivity index (χ4v) is 1.82. The van der Waals surface area contributed by atoms with Gasteiger partial charge in [0.2, 0.25) is 5.91 Å². The van der Waals surface area contributed by atoms with Gasteiger partial charge in [0, 0.05) is 32.6 Å². The lowest BCUT2D eigenvalue weighted by Crippen LogP contribution is -2.26. The molecular formula is C15H23N3O2. The van der Waals surface area contributed by atoms with Crippen molar-refractivity contribution in [3.8, 4) is 0 Å². The molecular weight excluding hydrogens is 254 g/mol. The number of nitrogens with one attached hydrogen (secondary N) is 1. The van der Waals surface area contributed by atoms with Gasteiger partial charge in [-0.25, -0.2) is 0 Å². The van der Waals surface area contributed by atoms with E-state index < -0.39 is 0 Å². The zero-order valence-corrected chi connectivity index (χ0v) is 12.2. The van der Waals surface area contributed by atoms with Gasteiger partial charge in [-0.3, -0.25) is 9.59 Å². The maximum atomic E-state index is 11.8. The van der Waals surface area contributed by atoms with Crippen LogP contribution in [0.2, 0.25) is 0 Å². The largest absolute Gasteiger partial charge is 0.356 e. The molecule has 5 nitrogen and oxygen atoms in total. The van der Waals surface area contributed by atoms with Crippen molar-refractivity contribution in [2.45, 2.75) is 19.3 Å². The highest BCUT2D eigenvalue weighted by Gasteiger charge is 2.08.